The first-order chi connectivity index (χ1) is 15.6. The second kappa shape index (κ2) is 8.70. The number of hydrogen-bond acceptors (Lipinski definition) is 4. The van der Waals surface area contributed by atoms with Gasteiger partial charge in [-0.2, -0.15) is 23.4 Å². The molecule has 0 saturated heterocycles. The van der Waals surface area contributed by atoms with Crippen molar-refractivity contribution in [2.45, 2.75) is 18.8 Å². The summed E-state index contributed by atoms with van der Waals surface area (Å²) in [5.41, 5.74) is 2.89. The summed E-state index contributed by atoms with van der Waals surface area (Å²) in [6, 6.07) is 10.5. The molecule has 1 unspecified atom stereocenters. The molecule has 0 aliphatic carbocycles. The molecular formula is C23H21F4N5O. The summed E-state index contributed by atoms with van der Waals surface area (Å²) < 4.78 is 54.9. The highest BCUT2D eigenvalue weighted by atomic mass is 19.4. The third kappa shape index (κ3) is 4.90. The third-order valence-corrected chi connectivity index (χ3v) is 5.27. The molecule has 2 aromatic carbocycles. The van der Waals surface area contributed by atoms with Crippen LogP contribution >= 0.6 is 0 Å². The first kappa shape index (κ1) is 22.5. The number of likely N-dealkylation sites (N-methyl/N-ethyl adjacent to an activating group) is 1. The summed E-state index contributed by atoms with van der Waals surface area (Å²) in [6.07, 6.45) is 0.533. The number of nitrogens with one attached hydrogen (secondary N) is 1. The van der Waals surface area contributed by atoms with Crippen LogP contribution in [0.25, 0.3) is 10.9 Å². The number of carbonyl (C=O) groups is 1. The number of rotatable bonds is 5. The van der Waals surface area contributed by atoms with E-state index in [1.807, 2.05) is 25.1 Å². The quantitative estimate of drug-likeness (QED) is 0.581. The van der Waals surface area contributed by atoms with E-state index in [2.05, 4.69) is 10.5 Å². The van der Waals surface area contributed by atoms with Gasteiger partial charge in [-0.05, 0) is 62.1 Å². The maximum absolute atomic E-state index is 13.7. The average Bonchev–Trinajstić information content (AvgIpc) is 3.11. The van der Waals surface area contributed by atoms with Crippen molar-refractivity contribution in [1.82, 2.24) is 20.0 Å². The number of aromatic nitrogens is 1. The third-order valence-electron chi connectivity index (χ3n) is 5.27. The summed E-state index contributed by atoms with van der Waals surface area (Å²) in [6.45, 7) is 0.0944. The Hall–Kier alpha value is -3.66. The van der Waals surface area contributed by atoms with Crippen LogP contribution in [0.5, 0.6) is 0 Å². The Bertz CT molecular complexity index is 1230. The van der Waals surface area contributed by atoms with Crippen LogP contribution in [0.2, 0.25) is 0 Å². The minimum atomic E-state index is -4.52. The van der Waals surface area contributed by atoms with Crippen molar-refractivity contribution in [2.75, 3.05) is 14.1 Å². The molecule has 0 saturated carbocycles. The van der Waals surface area contributed by atoms with E-state index in [0.29, 0.717) is 11.1 Å². The molecule has 1 aliphatic heterocycles. The molecule has 1 amide bonds. The number of alkyl halides is 3. The number of halogens is 4. The lowest BCUT2D eigenvalue weighted by Crippen LogP contribution is -2.40. The molecule has 0 spiro atoms. The summed E-state index contributed by atoms with van der Waals surface area (Å²) >= 11 is 0. The van der Waals surface area contributed by atoms with Crippen LogP contribution in [-0.2, 0) is 12.7 Å². The summed E-state index contributed by atoms with van der Waals surface area (Å²) in [4.78, 5) is 15.0. The predicted molar refractivity (Wildman–Crippen MR) is 117 cm³/mol. The van der Waals surface area contributed by atoms with E-state index >= 15 is 0 Å². The number of hydrazone groups is 1. The number of carbonyl (C=O) groups excluding carboxylic acids is 1. The van der Waals surface area contributed by atoms with Crippen LogP contribution in [0.4, 0.5) is 17.6 Å². The standard InChI is InChI=1S/C23H21F4N5O/c1-30(2)19-8-9-32(28-13-19)29-22(33)21-12-16-11-17(23(25,26)27)6-7-20(16)31(21)14-15-4-3-5-18(24)10-15/h3-13,19H,14H2,1-2H3,(H,29,33). The van der Waals surface area contributed by atoms with Gasteiger partial charge in [0.15, 0.2) is 0 Å². The lowest BCUT2D eigenvalue weighted by atomic mass is 10.1. The molecule has 6 nitrogen and oxygen atoms in total. The van der Waals surface area contributed by atoms with E-state index in [1.54, 1.807) is 23.0 Å². The monoisotopic (exact) mass is 459 g/mol. The van der Waals surface area contributed by atoms with Gasteiger partial charge in [0.25, 0.3) is 5.91 Å². The van der Waals surface area contributed by atoms with E-state index in [4.69, 9.17) is 0 Å². The largest absolute Gasteiger partial charge is 0.416 e. The second-order valence-corrected chi connectivity index (χ2v) is 7.86. The molecule has 172 valence electrons. The van der Waals surface area contributed by atoms with Crippen molar-refractivity contribution < 1.29 is 22.4 Å². The normalized spacial score (nSPS) is 16.1. The van der Waals surface area contributed by atoms with E-state index in [9.17, 15) is 22.4 Å². The summed E-state index contributed by atoms with van der Waals surface area (Å²) in [5.74, 6) is -1.01. The lowest BCUT2D eigenvalue weighted by molar-refractivity contribution is -0.137. The fourth-order valence-electron chi connectivity index (χ4n) is 3.55. The molecule has 1 aromatic heterocycles. The average molecular weight is 459 g/mol. The van der Waals surface area contributed by atoms with Gasteiger partial charge in [-0.15, -0.1) is 0 Å². The molecule has 1 aliphatic rings. The molecule has 1 N–H and O–H groups in total. The smallest absolute Gasteiger partial charge is 0.332 e. The maximum Gasteiger partial charge on any atom is 0.416 e. The van der Waals surface area contributed by atoms with Gasteiger partial charge in [0, 0.05) is 29.9 Å². The zero-order chi connectivity index (χ0) is 23.8. The zero-order valence-electron chi connectivity index (χ0n) is 17.8. The van der Waals surface area contributed by atoms with Gasteiger partial charge < -0.3 is 4.57 Å². The van der Waals surface area contributed by atoms with Crippen LogP contribution < -0.4 is 5.43 Å². The summed E-state index contributed by atoms with van der Waals surface area (Å²) in [7, 11) is 3.77. The Morgan fingerprint density at radius 3 is 2.58 bits per heavy atom. The fourth-order valence-corrected chi connectivity index (χ4v) is 3.55. The van der Waals surface area contributed by atoms with Gasteiger partial charge in [0.2, 0.25) is 0 Å². The van der Waals surface area contributed by atoms with Gasteiger partial charge >= 0.3 is 6.18 Å². The Kier molecular flexibility index (Phi) is 5.94. The van der Waals surface area contributed by atoms with E-state index in [-0.39, 0.29) is 23.7 Å². The number of nitrogens with zero attached hydrogens (tertiary/aromatic N) is 4. The zero-order valence-corrected chi connectivity index (χ0v) is 17.8. The number of amides is 1. The Balaban J connectivity index is 1.70. The topological polar surface area (TPSA) is 52.9 Å². The van der Waals surface area contributed by atoms with Crippen LogP contribution in [0.1, 0.15) is 21.6 Å². The van der Waals surface area contributed by atoms with Crippen molar-refractivity contribution in [2.24, 2.45) is 5.10 Å². The van der Waals surface area contributed by atoms with Crippen molar-refractivity contribution >= 4 is 23.0 Å². The minimum absolute atomic E-state index is 0.0293. The van der Waals surface area contributed by atoms with E-state index in [1.165, 1.54) is 35.4 Å². The number of fused-ring (bicyclic) bond motifs is 1. The van der Waals surface area contributed by atoms with Gasteiger partial charge in [0.1, 0.15) is 11.5 Å². The highest BCUT2D eigenvalue weighted by Gasteiger charge is 2.31. The Labute approximate surface area is 187 Å². The highest BCUT2D eigenvalue weighted by Crippen LogP contribution is 2.33. The van der Waals surface area contributed by atoms with Crippen molar-refractivity contribution in [3.8, 4) is 0 Å². The molecule has 0 bridgehead atoms. The minimum Gasteiger partial charge on any atom is -0.332 e. The van der Waals surface area contributed by atoms with Gasteiger partial charge in [-0.1, -0.05) is 12.1 Å². The molecule has 1 atom stereocenters. The number of benzene rings is 2. The number of hydrogen-bond donors (Lipinski definition) is 1. The van der Waals surface area contributed by atoms with Crippen molar-refractivity contribution in [1.29, 1.82) is 0 Å². The van der Waals surface area contributed by atoms with Crippen LogP contribution in [0, 0.1) is 5.82 Å². The first-order valence-electron chi connectivity index (χ1n) is 10.1. The molecule has 0 fully saturated rings. The molecule has 4 rings (SSSR count). The fraction of sp³-hybridized carbons (Fsp3) is 0.217. The first-order valence-corrected chi connectivity index (χ1v) is 10.1. The summed E-state index contributed by atoms with van der Waals surface area (Å²) in [5, 5.41) is 5.64. The van der Waals surface area contributed by atoms with Gasteiger partial charge in [0.05, 0.1) is 11.6 Å². The molecule has 2 heterocycles. The Morgan fingerprint density at radius 1 is 1.15 bits per heavy atom. The van der Waals surface area contributed by atoms with Gasteiger partial charge in [-0.25, -0.2) is 9.82 Å². The van der Waals surface area contributed by atoms with E-state index < -0.39 is 23.5 Å². The van der Waals surface area contributed by atoms with Crippen LogP contribution in [0.3, 0.4) is 0 Å². The SMILES string of the molecule is CN(C)C1C=CN(NC(=O)c2cc3cc(C(F)(F)F)ccc3n2Cc2cccc(F)c2)N=C1. The molecule has 0 radical (unpaired) electrons. The molecule has 3 aromatic rings. The van der Waals surface area contributed by atoms with Crippen molar-refractivity contribution in [3.05, 3.63) is 83.4 Å². The Morgan fingerprint density at radius 2 is 1.94 bits per heavy atom. The lowest BCUT2D eigenvalue weighted by Gasteiger charge is -2.24. The van der Waals surface area contributed by atoms with Crippen molar-refractivity contribution in [3.63, 3.8) is 0 Å². The second-order valence-electron chi connectivity index (χ2n) is 7.86. The molecular weight excluding hydrogens is 438 g/mol. The maximum atomic E-state index is 13.7. The predicted octanol–water partition coefficient (Wildman–Crippen LogP) is 4.24. The van der Waals surface area contributed by atoms with Crippen LogP contribution in [-0.4, -0.2) is 46.8 Å². The van der Waals surface area contributed by atoms with Gasteiger partial charge in [-0.3, -0.25) is 9.69 Å². The number of hydrazine groups is 1. The molecule has 33 heavy (non-hydrogen) atoms. The highest BCUT2D eigenvalue weighted by molar-refractivity contribution is 5.99. The van der Waals surface area contributed by atoms with Crippen LogP contribution in [0.15, 0.2) is 65.9 Å². The molecule has 10 heteroatoms. The van der Waals surface area contributed by atoms with E-state index in [0.717, 1.165) is 12.1 Å².